The zero-order valence-corrected chi connectivity index (χ0v) is 11.6. The van der Waals surface area contributed by atoms with Gasteiger partial charge in [0.15, 0.2) is 0 Å². The van der Waals surface area contributed by atoms with Gasteiger partial charge in [-0.2, -0.15) is 0 Å². The molecular formula is C14H28O2. The zero-order chi connectivity index (χ0) is 12.6. The summed E-state index contributed by atoms with van der Waals surface area (Å²) in [5.41, 5.74) is -0.353. The van der Waals surface area contributed by atoms with Gasteiger partial charge in [0.2, 0.25) is 0 Å². The first-order valence-electron chi connectivity index (χ1n) is 6.63. The van der Waals surface area contributed by atoms with Gasteiger partial charge >= 0.3 is 5.97 Å². The smallest absolute Gasteiger partial charge is 0.309 e. The standard InChI is InChI=1S/C14H28O2/c1-6-8-10-12(11-9-7-2)13(15)16-14(3,4)5/h12H,6-11H2,1-5H3. The van der Waals surface area contributed by atoms with E-state index in [4.69, 9.17) is 4.74 Å². The lowest BCUT2D eigenvalue weighted by atomic mass is 9.96. The molecule has 0 saturated heterocycles. The molecule has 0 unspecified atom stereocenters. The number of esters is 1. The molecule has 0 saturated carbocycles. The van der Waals surface area contributed by atoms with Crippen molar-refractivity contribution < 1.29 is 9.53 Å². The van der Waals surface area contributed by atoms with Crippen LogP contribution in [0.4, 0.5) is 0 Å². The summed E-state index contributed by atoms with van der Waals surface area (Å²) in [6.07, 6.45) is 6.48. The summed E-state index contributed by atoms with van der Waals surface area (Å²) in [6.45, 7) is 10.1. The molecule has 2 nitrogen and oxygen atoms in total. The van der Waals surface area contributed by atoms with Crippen LogP contribution in [0.15, 0.2) is 0 Å². The van der Waals surface area contributed by atoms with Crippen LogP contribution in [0.5, 0.6) is 0 Å². The second kappa shape index (κ2) is 7.70. The van der Waals surface area contributed by atoms with Crippen molar-refractivity contribution in [2.45, 2.75) is 78.7 Å². The number of hydrogen-bond donors (Lipinski definition) is 0. The molecule has 0 aromatic carbocycles. The quantitative estimate of drug-likeness (QED) is 0.606. The number of ether oxygens (including phenoxy) is 1. The topological polar surface area (TPSA) is 26.3 Å². The Balaban J connectivity index is 4.19. The van der Waals surface area contributed by atoms with Gasteiger partial charge in [0.05, 0.1) is 5.92 Å². The average molecular weight is 228 g/mol. The van der Waals surface area contributed by atoms with E-state index in [0.717, 1.165) is 38.5 Å². The van der Waals surface area contributed by atoms with Gasteiger partial charge in [-0.05, 0) is 33.6 Å². The maximum absolute atomic E-state index is 11.9. The highest BCUT2D eigenvalue weighted by Crippen LogP contribution is 2.20. The van der Waals surface area contributed by atoms with Crippen molar-refractivity contribution in [2.24, 2.45) is 5.92 Å². The Morgan fingerprint density at radius 1 is 1.06 bits per heavy atom. The van der Waals surface area contributed by atoms with Crippen LogP contribution < -0.4 is 0 Å². The van der Waals surface area contributed by atoms with E-state index in [1.807, 2.05) is 20.8 Å². The SMILES string of the molecule is CCCCC(CCCC)C(=O)OC(C)(C)C. The van der Waals surface area contributed by atoms with Gasteiger partial charge in [-0.15, -0.1) is 0 Å². The van der Waals surface area contributed by atoms with E-state index in [2.05, 4.69) is 13.8 Å². The number of carbonyl (C=O) groups excluding carboxylic acids is 1. The molecular weight excluding hydrogens is 200 g/mol. The Labute approximate surface area is 101 Å². The maximum Gasteiger partial charge on any atom is 0.309 e. The summed E-state index contributed by atoms with van der Waals surface area (Å²) >= 11 is 0. The van der Waals surface area contributed by atoms with E-state index < -0.39 is 0 Å². The lowest BCUT2D eigenvalue weighted by Crippen LogP contribution is -2.28. The zero-order valence-electron chi connectivity index (χ0n) is 11.6. The fourth-order valence-corrected chi connectivity index (χ4v) is 1.67. The molecule has 96 valence electrons. The van der Waals surface area contributed by atoms with Crippen molar-refractivity contribution in [1.82, 2.24) is 0 Å². The molecule has 0 aliphatic heterocycles. The Morgan fingerprint density at radius 3 is 1.81 bits per heavy atom. The number of hydrogen-bond acceptors (Lipinski definition) is 2. The molecule has 0 aliphatic rings. The maximum atomic E-state index is 11.9. The Hall–Kier alpha value is -0.530. The second-order valence-electron chi connectivity index (χ2n) is 5.51. The van der Waals surface area contributed by atoms with Gasteiger partial charge in [-0.1, -0.05) is 39.5 Å². The molecule has 0 radical (unpaired) electrons. The van der Waals surface area contributed by atoms with Gasteiger partial charge in [-0.3, -0.25) is 4.79 Å². The summed E-state index contributed by atoms with van der Waals surface area (Å²) in [4.78, 5) is 11.9. The van der Waals surface area contributed by atoms with Crippen molar-refractivity contribution in [2.75, 3.05) is 0 Å². The number of rotatable bonds is 7. The molecule has 16 heavy (non-hydrogen) atoms. The van der Waals surface area contributed by atoms with E-state index in [1.54, 1.807) is 0 Å². The van der Waals surface area contributed by atoms with E-state index in [1.165, 1.54) is 0 Å². The summed E-state index contributed by atoms with van der Waals surface area (Å²) < 4.78 is 5.46. The largest absolute Gasteiger partial charge is 0.460 e. The monoisotopic (exact) mass is 228 g/mol. The van der Waals surface area contributed by atoms with Crippen molar-refractivity contribution in [3.05, 3.63) is 0 Å². The van der Waals surface area contributed by atoms with Gasteiger partial charge in [0, 0.05) is 0 Å². The third-order valence-electron chi connectivity index (χ3n) is 2.55. The predicted molar refractivity (Wildman–Crippen MR) is 68.4 cm³/mol. The van der Waals surface area contributed by atoms with Crippen LogP contribution in [-0.4, -0.2) is 11.6 Å². The predicted octanol–water partition coefficient (Wildman–Crippen LogP) is 4.32. The van der Waals surface area contributed by atoms with Gasteiger partial charge < -0.3 is 4.74 Å². The first-order valence-corrected chi connectivity index (χ1v) is 6.63. The van der Waals surface area contributed by atoms with Crippen LogP contribution >= 0.6 is 0 Å². The summed E-state index contributed by atoms with van der Waals surface area (Å²) in [7, 11) is 0. The van der Waals surface area contributed by atoms with E-state index >= 15 is 0 Å². The van der Waals surface area contributed by atoms with E-state index in [9.17, 15) is 4.79 Å². The molecule has 0 atom stereocenters. The first-order chi connectivity index (χ1) is 7.40. The third-order valence-corrected chi connectivity index (χ3v) is 2.55. The van der Waals surface area contributed by atoms with Crippen LogP contribution in [-0.2, 0) is 9.53 Å². The minimum absolute atomic E-state index is 0.00519. The molecule has 0 N–H and O–H groups in total. The minimum Gasteiger partial charge on any atom is -0.460 e. The van der Waals surface area contributed by atoms with Crippen molar-refractivity contribution in [1.29, 1.82) is 0 Å². The first kappa shape index (κ1) is 15.5. The second-order valence-corrected chi connectivity index (χ2v) is 5.51. The third kappa shape index (κ3) is 7.72. The molecule has 0 aromatic heterocycles. The van der Waals surface area contributed by atoms with Crippen LogP contribution in [0.2, 0.25) is 0 Å². The van der Waals surface area contributed by atoms with Crippen LogP contribution in [0.25, 0.3) is 0 Å². The molecule has 2 heteroatoms. The highest BCUT2D eigenvalue weighted by Gasteiger charge is 2.24. The highest BCUT2D eigenvalue weighted by atomic mass is 16.6. The Kier molecular flexibility index (Phi) is 7.44. The van der Waals surface area contributed by atoms with Gasteiger partial charge in [-0.25, -0.2) is 0 Å². The van der Waals surface area contributed by atoms with Crippen LogP contribution in [0.1, 0.15) is 73.1 Å². The highest BCUT2D eigenvalue weighted by molar-refractivity contribution is 5.72. The Morgan fingerprint density at radius 2 is 1.50 bits per heavy atom. The molecule has 0 bridgehead atoms. The summed E-state index contributed by atoms with van der Waals surface area (Å²) in [5, 5.41) is 0. The van der Waals surface area contributed by atoms with Crippen molar-refractivity contribution >= 4 is 5.97 Å². The van der Waals surface area contributed by atoms with E-state index in [0.29, 0.717) is 0 Å². The fourth-order valence-electron chi connectivity index (χ4n) is 1.67. The summed E-state index contributed by atoms with van der Waals surface area (Å²) in [6, 6.07) is 0. The van der Waals surface area contributed by atoms with Gasteiger partial charge in [0.1, 0.15) is 5.60 Å². The molecule has 0 amide bonds. The minimum atomic E-state index is -0.353. The van der Waals surface area contributed by atoms with E-state index in [-0.39, 0.29) is 17.5 Å². The molecule has 0 spiro atoms. The van der Waals surface area contributed by atoms with Crippen LogP contribution in [0.3, 0.4) is 0 Å². The molecule has 0 aliphatic carbocycles. The lowest BCUT2D eigenvalue weighted by Gasteiger charge is -2.24. The Bertz CT molecular complexity index is 183. The van der Waals surface area contributed by atoms with Crippen molar-refractivity contribution in [3.8, 4) is 0 Å². The van der Waals surface area contributed by atoms with Crippen molar-refractivity contribution in [3.63, 3.8) is 0 Å². The summed E-state index contributed by atoms with van der Waals surface area (Å²) in [5.74, 6) is 0.105. The molecule has 0 aromatic rings. The molecule has 0 fully saturated rings. The van der Waals surface area contributed by atoms with Gasteiger partial charge in [0.25, 0.3) is 0 Å². The average Bonchev–Trinajstić information content (AvgIpc) is 2.15. The van der Waals surface area contributed by atoms with Crippen LogP contribution in [0, 0.1) is 5.92 Å². The molecule has 0 rings (SSSR count). The number of unbranched alkanes of at least 4 members (excludes halogenated alkanes) is 2. The lowest BCUT2D eigenvalue weighted by molar-refractivity contribution is -0.160. The number of carbonyl (C=O) groups is 1. The normalized spacial score (nSPS) is 11.9. The fraction of sp³-hybridized carbons (Fsp3) is 0.929. The molecule has 0 heterocycles.